The number of rotatable bonds is 6. The highest BCUT2D eigenvalue weighted by molar-refractivity contribution is 6.10. The number of hydrogen-bond donors (Lipinski definition) is 1. The van der Waals surface area contributed by atoms with E-state index in [1.807, 2.05) is 6.92 Å². The van der Waals surface area contributed by atoms with Crippen LogP contribution in [0.4, 0.5) is 33.6 Å². The molecule has 1 fully saturated rings. The number of benzene rings is 1. The molecule has 190 valence electrons. The number of fused-ring (bicyclic) bond motifs is 1. The van der Waals surface area contributed by atoms with Gasteiger partial charge in [0.05, 0.1) is 12.1 Å². The minimum Gasteiger partial charge on any atom is -0.370 e. The van der Waals surface area contributed by atoms with E-state index < -0.39 is 41.8 Å². The van der Waals surface area contributed by atoms with Gasteiger partial charge in [-0.05, 0) is 42.3 Å². The first-order valence-electron chi connectivity index (χ1n) is 11.4. The van der Waals surface area contributed by atoms with Gasteiger partial charge < -0.3 is 9.88 Å². The lowest BCUT2D eigenvalue weighted by molar-refractivity contribution is -0.138. The molecule has 2 aromatic heterocycles. The third-order valence-electron chi connectivity index (χ3n) is 6.83. The fourth-order valence-electron chi connectivity index (χ4n) is 5.16. The SMILES string of the molecule is CCNc1cc(C2(Cc3nncn3C)CC(F)(F)C2)cc(N2Cc3c(cccc3C(F)(F)F)C2=O)n1. The van der Waals surface area contributed by atoms with Gasteiger partial charge in [0.1, 0.15) is 23.8 Å². The van der Waals surface area contributed by atoms with Crippen LogP contribution in [-0.4, -0.2) is 38.1 Å². The monoisotopic (exact) mass is 506 g/mol. The summed E-state index contributed by atoms with van der Waals surface area (Å²) in [7, 11) is 1.72. The quantitative estimate of drug-likeness (QED) is 0.490. The van der Waals surface area contributed by atoms with E-state index in [0.29, 0.717) is 23.8 Å². The summed E-state index contributed by atoms with van der Waals surface area (Å²) in [5.41, 5.74) is -1.55. The van der Waals surface area contributed by atoms with Crippen LogP contribution in [0.25, 0.3) is 0 Å². The van der Waals surface area contributed by atoms with Crippen LogP contribution in [0.15, 0.2) is 36.7 Å². The summed E-state index contributed by atoms with van der Waals surface area (Å²) in [5, 5.41) is 10.9. The van der Waals surface area contributed by atoms with Crippen LogP contribution in [0.2, 0.25) is 0 Å². The molecule has 0 saturated heterocycles. The van der Waals surface area contributed by atoms with Gasteiger partial charge in [-0.1, -0.05) is 6.07 Å². The first kappa shape index (κ1) is 24.1. The maximum atomic E-state index is 14.3. The third kappa shape index (κ3) is 4.07. The fraction of sp³-hybridized carbons (Fsp3) is 0.417. The molecule has 36 heavy (non-hydrogen) atoms. The lowest BCUT2D eigenvalue weighted by Gasteiger charge is -2.48. The van der Waals surface area contributed by atoms with E-state index in [-0.39, 0.29) is 29.9 Å². The highest BCUT2D eigenvalue weighted by atomic mass is 19.4. The Labute approximate surface area is 203 Å². The third-order valence-corrected chi connectivity index (χ3v) is 6.83. The number of carbonyl (C=O) groups is 1. The van der Waals surface area contributed by atoms with Crippen LogP contribution in [0.1, 0.15) is 52.6 Å². The van der Waals surface area contributed by atoms with E-state index in [2.05, 4.69) is 20.5 Å². The molecule has 1 aliphatic heterocycles. The second-order valence-electron chi connectivity index (χ2n) is 9.38. The van der Waals surface area contributed by atoms with Gasteiger partial charge in [-0.3, -0.25) is 9.69 Å². The number of nitrogens with zero attached hydrogens (tertiary/aromatic N) is 5. The minimum atomic E-state index is -4.62. The molecule has 0 spiro atoms. The number of nitrogens with one attached hydrogen (secondary N) is 1. The second kappa shape index (κ2) is 8.24. The molecule has 0 bridgehead atoms. The summed E-state index contributed by atoms with van der Waals surface area (Å²) in [6.45, 7) is 1.97. The van der Waals surface area contributed by atoms with Crippen molar-refractivity contribution in [2.24, 2.45) is 7.05 Å². The molecular formula is C24H23F5N6O. The number of aryl methyl sites for hydroxylation is 1. The standard InChI is InChI=1S/C24H23F5N6O/c1-3-30-18-7-14(22(11-23(25,26)12-22)9-20-33-31-13-34(20)2)8-19(32-18)35-10-16-15(21(35)36)5-4-6-17(16)24(27,28)29/h4-8,13H,3,9-12H2,1-2H3,(H,30,32). The van der Waals surface area contributed by atoms with E-state index in [4.69, 9.17) is 0 Å². The Morgan fingerprint density at radius 1 is 1.17 bits per heavy atom. The lowest BCUT2D eigenvalue weighted by atomic mass is 9.60. The zero-order valence-corrected chi connectivity index (χ0v) is 19.5. The summed E-state index contributed by atoms with van der Waals surface area (Å²) < 4.78 is 70.9. The molecule has 1 aliphatic carbocycles. The van der Waals surface area contributed by atoms with Crippen molar-refractivity contribution in [3.63, 3.8) is 0 Å². The topological polar surface area (TPSA) is 75.9 Å². The van der Waals surface area contributed by atoms with E-state index in [1.165, 1.54) is 24.5 Å². The molecule has 0 atom stereocenters. The van der Waals surface area contributed by atoms with Crippen molar-refractivity contribution in [1.29, 1.82) is 0 Å². The predicted octanol–water partition coefficient (Wildman–Crippen LogP) is 4.73. The molecule has 1 aromatic carbocycles. The summed E-state index contributed by atoms with van der Waals surface area (Å²) in [6, 6.07) is 6.68. The number of amides is 1. The van der Waals surface area contributed by atoms with Crippen LogP contribution in [0, 0.1) is 0 Å². The average Bonchev–Trinajstić information content (AvgIpc) is 3.34. The Morgan fingerprint density at radius 3 is 2.53 bits per heavy atom. The zero-order chi connectivity index (χ0) is 25.9. The van der Waals surface area contributed by atoms with Gasteiger partial charge >= 0.3 is 6.18 Å². The normalized spacial score (nSPS) is 18.2. The first-order valence-corrected chi connectivity index (χ1v) is 11.4. The van der Waals surface area contributed by atoms with E-state index in [0.717, 1.165) is 11.0 Å². The van der Waals surface area contributed by atoms with Crippen LogP contribution in [0.5, 0.6) is 0 Å². The maximum absolute atomic E-state index is 14.3. The Morgan fingerprint density at radius 2 is 1.92 bits per heavy atom. The van der Waals surface area contributed by atoms with Crippen molar-refractivity contribution in [2.45, 2.75) is 50.2 Å². The molecular weight excluding hydrogens is 483 g/mol. The van der Waals surface area contributed by atoms with E-state index in [9.17, 15) is 26.7 Å². The minimum absolute atomic E-state index is 0.0500. The number of carbonyl (C=O) groups excluding carboxylic acids is 1. The molecule has 3 aromatic rings. The van der Waals surface area contributed by atoms with Gasteiger partial charge in [-0.2, -0.15) is 13.2 Å². The summed E-state index contributed by atoms with van der Waals surface area (Å²) in [6.07, 6.45) is -3.83. The van der Waals surface area contributed by atoms with Crippen molar-refractivity contribution < 1.29 is 26.7 Å². The fourth-order valence-corrected chi connectivity index (χ4v) is 5.16. The number of hydrogen-bond acceptors (Lipinski definition) is 5. The van der Waals surface area contributed by atoms with E-state index >= 15 is 0 Å². The van der Waals surface area contributed by atoms with Gasteiger partial charge in [0.15, 0.2) is 0 Å². The molecule has 7 nitrogen and oxygen atoms in total. The van der Waals surface area contributed by atoms with Crippen molar-refractivity contribution >= 4 is 17.5 Å². The largest absolute Gasteiger partial charge is 0.416 e. The van der Waals surface area contributed by atoms with Gasteiger partial charge in [0, 0.05) is 43.8 Å². The molecule has 5 rings (SSSR count). The zero-order valence-electron chi connectivity index (χ0n) is 19.5. The number of halogens is 5. The lowest BCUT2D eigenvalue weighted by Crippen LogP contribution is -2.51. The molecule has 0 radical (unpaired) electrons. The van der Waals surface area contributed by atoms with Gasteiger partial charge in [0.2, 0.25) is 5.92 Å². The smallest absolute Gasteiger partial charge is 0.370 e. The van der Waals surface area contributed by atoms with Crippen LogP contribution in [-0.2, 0) is 31.6 Å². The van der Waals surface area contributed by atoms with Crippen molar-refractivity contribution in [1.82, 2.24) is 19.7 Å². The van der Waals surface area contributed by atoms with Crippen molar-refractivity contribution in [2.75, 3.05) is 16.8 Å². The molecule has 2 aliphatic rings. The number of aromatic nitrogens is 4. The molecule has 1 amide bonds. The van der Waals surface area contributed by atoms with Gasteiger partial charge in [-0.25, -0.2) is 13.8 Å². The number of anilines is 2. The second-order valence-corrected chi connectivity index (χ2v) is 9.38. The number of alkyl halides is 5. The summed E-state index contributed by atoms with van der Waals surface area (Å²) in [5.74, 6) is -2.53. The Hall–Kier alpha value is -3.57. The van der Waals surface area contributed by atoms with Crippen LogP contribution < -0.4 is 10.2 Å². The molecule has 1 saturated carbocycles. The van der Waals surface area contributed by atoms with Gasteiger partial charge in [0.25, 0.3) is 5.91 Å². The highest BCUT2D eigenvalue weighted by Gasteiger charge is 2.58. The van der Waals surface area contributed by atoms with Crippen LogP contribution >= 0.6 is 0 Å². The molecule has 12 heteroatoms. The number of pyridine rings is 1. The Bertz CT molecular complexity index is 1330. The molecule has 1 N–H and O–H groups in total. The average molecular weight is 506 g/mol. The summed E-state index contributed by atoms with van der Waals surface area (Å²) in [4.78, 5) is 18.8. The maximum Gasteiger partial charge on any atom is 0.416 e. The Balaban J connectivity index is 1.58. The Kier molecular flexibility index (Phi) is 5.53. The van der Waals surface area contributed by atoms with Gasteiger partial charge in [-0.15, -0.1) is 10.2 Å². The highest BCUT2D eigenvalue weighted by Crippen LogP contribution is 2.55. The van der Waals surface area contributed by atoms with Crippen LogP contribution in [0.3, 0.4) is 0 Å². The molecule has 0 unspecified atom stereocenters. The molecule has 3 heterocycles. The first-order chi connectivity index (χ1) is 16.9. The summed E-state index contributed by atoms with van der Waals surface area (Å²) >= 11 is 0. The van der Waals surface area contributed by atoms with Crippen molar-refractivity contribution in [3.8, 4) is 0 Å². The predicted molar refractivity (Wildman–Crippen MR) is 121 cm³/mol. The van der Waals surface area contributed by atoms with E-state index in [1.54, 1.807) is 17.7 Å². The van der Waals surface area contributed by atoms with Crippen molar-refractivity contribution in [3.05, 3.63) is 64.7 Å².